The molecule has 0 radical (unpaired) electrons. The molecule has 0 aliphatic rings. The number of halogens is 1. The molecule has 0 aliphatic heterocycles. The Kier molecular flexibility index (Phi) is 6.89. The van der Waals surface area contributed by atoms with Crippen molar-refractivity contribution in [2.24, 2.45) is 0 Å². The molecule has 1 amide bonds. The standard InChI is InChI=1S/C20H25ClN2O3S/c1-5-7-14(3)22-20(24)16-10-11-17(21)19(12-16)27(25,26)23-18-9-6-8-13(2)15(18)4/h6,8-12,14,23H,5,7H2,1-4H3,(H,22,24)/t14-/m1/s1. The number of nitrogens with one attached hydrogen (secondary N) is 2. The highest BCUT2D eigenvalue weighted by molar-refractivity contribution is 7.92. The van der Waals surface area contributed by atoms with E-state index in [2.05, 4.69) is 10.0 Å². The number of anilines is 1. The van der Waals surface area contributed by atoms with Crippen LogP contribution in [0.5, 0.6) is 0 Å². The van der Waals surface area contributed by atoms with Crippen molar-refractivity contribution in [1.29, 1.82) is 0 Å². The quantitative estimate of drug-likeness (QED) is 0.698. The normalized spacial score (nSPS) is 12.5. The highest BCUT2D eigenvalue weighted by Gasteiger charge is 2.21. The Labute approximate surface area is 166 Å². The van der Waals surface area contributed by atoms with Crippen LogP contribution in [0.4, 0.5) is 5.69 Å². The number of hydrogen-bond acceptors (Lipinski definition) is 3. The third kappa shape index (κ3) is 5.23. The third-order valence-corrected chi connectivity index (χ3v) is 6.28. The number of carbonyl (C=O) groups excluding carboxylic acids is 1. The number of sulfonamides is 1. The van der Waals surface area contributed by atoms with Crippen LogP contribution in [-0.2, 0) is 10.0 Å². The van der Waals surface area contributed by atoms with Crippen LogP contribution in [0.3, 0.4) is 0 Å². The van der Waals surface area contributed by atoms with E-state index in [1.165, 1.54) is 18.2 Å². The largest absolute Gasteiger partial charge is 0.350 e. The molecule has 0 aromatic heterocycles. The van der Waals surface area contributed by atoms with E-state index < -0.39 is 10.0 Å². The average molecular weight is 409 g/mol. The lowest BCUT2D eigenvalue weighted by Gasteiger charge is -2.15. The van der Waals surface area contributed by atoms with E-state index in [9.17, 15) is 13.2 Å². The highest BCUT2D eigenvalue weighted by Crippen LogP contribution is 2.27. The molecule has 0 unspecified atom stereocenters. The van der Waals surface area contributed by atoms with Crippen molar-refractivity contribution < 1.29 is 13.2 Å². The fourth-order valence-electron chi connectivity index (χ4n) is 2.72. The summed E-state index contributed by atoms with van der Waals surface area (Å²) in [6.45, 7) is 7.70. The average Bonchev–Trinajstić information content (AvgIpc) is 2.59. The van der Waals surface area contributed by atoms with Gasteiger partial charge in [-0.15, -0.1) is 0 Å². The Morgan fingerprint density at radius 2 is 1.89 bits per heavy atom. The van der Waals surface area contributed by atoms with E-state index >= 15 is 0 Å². The fraction of sp³-hybridized carbons (Fsp3) is 0.350. The van der Waals surface area contributed by atoms with E-state index in [1.54, 1.807) is 12.1 Å². The van der Waals surface area contributed by atoms with Gasteiger partial charge < -0.3 is 5.32 Å². The van der Waals surface area contributed by atoms with Crippen LogP contribution in [0.15, 0.2) is 41.3 Å². The second-order valence-corrected chi connectivity index (χ2v) is 8.72. The van der Waals surface area contributed by atoms with Crippen molar-refractivity contribution in [1.82, 2.24) is 5.32 Å². The van der Waals surface area contributed by atoms with Crippen molar-refractivity contribution in [3.63, 3.8) is 0 Å². The second-order valence-electron chi connectivity index (χ2n) is 6.66. The number of rotatable bonds is 7. The van der Waals surface area contributed by atoms with Gasteiger partial charge in [-0.25, -0.2) is 8.42 Å². The molecule has 0 saturated heterocycles. The molecule has 2 rings (SSSR count). The van der Waals surface area contributed by atoms with Gasteiger partial charge in [-0.05, 0) is 62.6 Å². The molecular weight excluding hydrogens is 384 g/mol. The highest BCUT2D eigenvalue weighted by atomic mass is 35.5. The monoisotopic (exact) mass is 408 g/mol. The zero-order valence-electron chi connectivity index (χ0n) is 16.0. The van der Waals surface area contributed by atoms with E-state index in [0.29, 0.717) is 5.69 Å². The number of hydrogen-bond donors (Lipinski definition) is 2. The van der Waals surface area contributed by atoms with Crippen LogP contribution in [0, 0.1) is 13.8 Å². The number of amides is 1. The smallest absolute Gasteiger partial charge is 0.263 e. The lowest BCUT2D eigenvalue weighted by Crippen LogP contribution is -2.32. The van der Waals surface area contributed by atoms with Gasteiger partial charge in [-0.1, -0.05) is 37.1 Å². The molecule has 5 nitrogen and oxygen atoms in total. The molecule has 1 atom stereocenters. The maximum absolute atomic E-state index is 12.9. The minimum absolute atomic E-state index is 0.00584. The Hall–Kier alpha value is -2.05. The number of aryl methyl sites for hydroxylation is 1. The molecule has 0 saturated carbocycles. The van der Waals surface area contributed by atoms with Gasteiger partial charge in [-0.2, -0.15) is 0 Å². The molecule has 2 aromatic carbocycles. The van der Waals surface area contributed by atoms with Gasteiger partial charge in [0.1, 0.15) is 4.90 Å². The molecule has 27 heavy (non-hydrogen) atoms. The summed E-state index contributed by atoms with van der Waals surface area (Å²) in [5.41, 5.74) is 2.54. The number of benzene rings is 2. The van der Waals surface area contributed by atoms with Crippen LogP contribution in [0.25, 0.3) is 0 Å². The summed E-state index contributed by atoms with van der Waals surface area (Å²) in [5.74, 6) is -0.323. The first-order valence-electron chi connectivity index (χ1n) is 8.85. The van der Waals surface area contributed by atoms with E-state index in [1.807, 2.05) is 33.8 Å². The summed E-state index contributed by atoms with van der Waals surface area (Å²) < 4.78 is 28.3. The van der Waals surface area contributed by atoms with Gasteiger partial charge in [0.2, 0.25) is 0 Å². The lowest BCUT2D eigenvalue weighted by atomic mass is 10.1. The molecule has 0 fully saturated rings. The first-order valence-corrected chi connectivity index (χ1v) is 10.7. The molecular formula is C20H25ClN2O3S. The zero-order chi connectivity index (χ0) is 20.2. The molecule has 0 bridgehead atoms. The Morgan fingerprint density at radius 1 is 1.19 bits per heavy atom. The van der Waals surface area contributed by atoms with E-state index in [4.69, 9.17) is 11.6 Å². The van der Waals surface area contributed by atoms with Crippen LogP contribution >= 0.6 is 11.6 Å². The fourth-order valence-corrected chi connectivity index (χ4v) is 4.37. The summed E-state index contributed by atoms with van der Waals surface area (Å²) in [6.07, 6.45) is 1.79. The van der Waals surface area contributed by atoms with Gasteiger partial charge in [-0.3, -0.25) is 9.52 Å². The predicted molar refractivity (Wildman–Crippen MR) is 110 cm³/mol. The molecule has 0 heterocycles. The van der Waals surface area contributed by atoms with E-state index in [-0.39, 0.29) is 27.4 Å². The minimum atomic E-state index is -3.94. The summed E-state index contributed by atoms with van der Waals surface area (Å²) in [7, 11) is -3.94. The molecule has 7 heteroatoms. The van der Waals surface area contributed by atoms with Gasteiger partial charge in [0.15, 0.2) is 0 Å². The van der Waals surface area contributed by atoms with Gasteiger partial charge >= 0.3 is 0 Å². The van der Waals surface area contributed by atoms with Crippen LogP contribution in [0.1, 0.15) is 48.2 Å². The summed E-state index contributed by atoms with van der Waals surface area (Å²) >= 11 is 6.13. The molecule has 2 N–H and O–H groups in total. The third-order valence-electron chi connectivity index (χ3n) is 4.43. The lowest BCUT2D eigenvalue weighted by molar-refractivity contribution is 0.0938. The van der Waals surface area contributed by atoms with Gasteiger partial charge in [0, 0.05) is 11.6 Å². The zero-order valence-corrected chi connectivity index (χ0v) is 17.5. The van der Waals surface area contributed by atoms with E-state index in [0.717, 1.165) is 24.0 Å². The van der Waals surface area contributed by atoms with Crippen molar-refractivity contribution in [3.8, 4) is 0 Å². The van der Waals surface area contributed by atoms with Gasteiger partial charge in [0.25, 0.3) is 15.9 Å². The molecule has 0 spiro atoms. The minimum Gasteiger partial charge on any atom is -0.350 e. The first-order chi connectivity index (χ1) is 12.7. The Morgan fingerprint density at radius 3 is 2.56 bits per heavy atom. The SMILES string of the molecule is CCC[C@@H](C)NC(=O)c1ccc(Cl)c(S(=O)(=O)Nc2cccc(C)c2C)c1. The van der Waals surface area contributed by atoms with Crippen molar-refractivity contribution in [2.45, 2.75) is 51.5 Å². The maximum atomic E-state index is 12.9. The van der Waals surface area contributed by atoms with Crippen LogP contribution < -0.4 is 10.0 Å². The van der Waals surface area contributed by atoms with Gasteiger partial charge in [0.05, 0.1) is 10.7 Å². The maximum Gasteiger partial charge on any atom is 0.263 e. The van der Waals surface area contributed by atoms with Crippen molar-refractivity contribution in [3.05, 3.63) is 58.1 Å². The van der Waals surface area contributed by atoms with Crippen molar-refractivity contribution >= 4 is 33.2 Å². The number of carbonyl (C=O) groups is 1. The van der Waals surface area contributed by atoms with Crippen LogP contribution in [0.2, 0.25) is 5.02 Å². The Balaban J connectivity index is 2.34. The molecule has 0 aliphatic carbocycles. The summed E-state index contributed by atoms with van der Waals surface area (Å²) in [5, 5.41) is 2.93. The molecule has 146 valence electrons. The van der Waals surface area contributed by atoms with Crippen LogP contribution in [-0.4, -0.2) is 20.4 Å². The second kappa shape index (κ2) is 8.76. The predicted octanol–water partition coefficient (Wildman–Crippen LogP) is 4.68. The van der Waals surface area contributed by atoms with Crippen molar-refractivity contribution in [2.75, 3.05) is 4.72 Å². The first kappa shape index (κ1) is 21.3. The summed E-state index contributed by atoms with van der Waals surface area (Å²) in [4.78, 5) is 12.3. The topological polar surface area (TPSA) is 75.3 Å². The Bertz CT molecular complexity index is 942. The molecule has 2 aromatic rings. The summed E-state index contributed by atoms with van der Waals surface area (Å²) in [6, 6.07) is 9.64.